The predicted molar refractivity (Wildman–Crippen MR) is 71.1 cm³/mol. The normalized spacial score (nSPS) is 28.1. The summed E-state index contributed by atoms with van der Waals surface area (Å²) in [6.45, 7) is 0.584. The number of nitrogens with one attached hydrogen (secondary N) is 1. The van der Waals surface area contributed by atoms with E-state index in [2.05, 4.69) is 5.32 Å². The molecule has 0 aromatic heterocycles. The molecule has 18 heavy (non-hydrogen) atoms. The minimum atomic E-state index is -0.217. The van der Waals surface area contributed by atoms with Crippen LogP contribution in [0.3, 0.4) is 0 Å². The van der Waals surface area contributed by atoms with E-state index >= 15 is 0 Å². The Bertz CT molecular complexity index is 372. The van der Waals surface area contributed by atoms with Gasteiger partial charge in [0.05, 0.1) is 6.10 Å². The zero-order valence-corrected chi connectivity index (χ0v) is 10.8. The Kier molecular flexibility index (Phi) is 4.19. The van der Waals surface area contributed by atoms with Gasteiger partial charge in [-0.3, -0.25) is 0 Å². The summed E-state index contributed by atoms with van der Waals surface area (Å²) in [5.74, 6) is -0.217. The zero-order valence-electron chi connectivity index (χ0n) is 10.8. The van der Waals surface area contributed by atoms with E-state index < -0.39 is 0 Å². The van der Waals surface area contributed by atoms with Crippen LogP contribution in [0.15, 0.2) is 24.3 Å². The lowest BCUT2D eigenvalue weighted by molar-refractivity contribution is 0.0550. The molecule has 0 heterocycles. The van der Waals surface area contributed by atoms with Crippen LogP contribution in [0.4, 0.5) is 10.1 Å². The minimum Gasteiger partial charge on any atom is -0.381 e. The molecule has 0 amide bonds. The second-order valence-corrected chi connectivity index (χ2v) is 5.05. The van der Waals surface area contributed by atoms with Gasteiger partial charge in [-0.2, -0.15) is 0 Å². The molecule has 0 atom stereocenters. The first-order chi connectivity index (χ1) is 8.67. The van der Waals surface area contributed by atoms with Gasteiger partial charge < -0.3 is 15.8 Å². The number of nitrogens with two attached hydrogens (primary N) is 1. The molecular weight excluding hydrogens is 231 g/mol. The third-order valence-electron chi connectivity index (χ3n) is 3.87. The van der Waals surface area contributed by atoms with Gasteiger partial charge in [0.25, 0.3) is 0 Å². The van der Waals surface area contributed by atoms with E-state index in [1.807, 2.05) is 0 Å². The molecule has 1 aromatic rings. The maximum Gasteiger partial charge on any atom is 0.123 e. The van der Waals surface area contributed by atoms with Gasteiger partial charge in [0.2, 0.25) is 0 Å². The van der Waals surface area contributed by atoms with Gasteiger partial charge >= 0.3 is 0 Å². The Balaban J connectivity index is 2.03. The molecule has 1 saturated carbocycles. The highest BCUT2D eigenvalue weighted by atomic mass is 19.1. The summed E-state index contributed by atoms with van der Waals surface area (Å²) < 4.78 is 18.2. The van der Waals surface area contributed by atoms with Crippen LogP contribution in [0.5, 0.6) is 0 Å². The minimum absolute atomic E-state index is 0.0765. The van der Waals surface area contributed by atoms with Crippen LogP contribution in [-0.4, -0.2) is 25.3 Å². The summed E-state index contributed by atoms with van der Waals surface area (Å²) >= 11 is 0. The molecule has 3 N–H and O–H groups in total. The molecular formula is C14H21FN2O. The highest BCUT2D eigenvalue weighted by molar-refractivity contribution is 5.45. The Morgan fingerprint density at radius 1 is 1.33 bits per heavy atom. The van der Waals surface area contributed by atoms with Gasteiger partial charge in [-0.15, -0.1) is 0 Å². The molecule has 1 fully saturated rings. The summed E-state index contributed by atoms with van der Waals surface area (Å²) in [7, 11) is 1.76. The van der Waals surface area contributed by atoms with Crippen LogP contribution in [0.2, 0.25) is 0 Å². The second kappa shape index (κ2) is 5.67. The molecule has 4 heteroatoms. The SMILES string of the molecule is COC1CCC(CN)(Nc2ccc(F)cc2)CC1. The first kappa shape index (κ1) is 13.3. The van der Waals surface area contributed by atoms with Gasteiger partial charge in [-0.1, -0.05) is 0 Å². The average Bonchev–Trinajstić information content (AvgIpc) is 2.42. The topological polar surface area (TPSA) is 47.3 Å². The van der Waals surface area contributed by atoms with Crippen molar-refractivity contribution in [2.75, 3.05) is 19.0 Å². The van der Waals surface area contributed by atoms with Crippen LogP contribution in [-0.2, 0) is 4.74 Å². The number of benzene rings is 1. The van der Waals surface area contributed by atoms with Gasteiger partial charge in [0.15, 0.2) is 0 Å². The molecule has 0 radical (unpaired) electrons. The van der Waals surface area contributed by atoms with E-state index in [0.29, 0.717) is 12.6 Å². The van der Waals surface area contributed by atoms with Crippen LogP contribution in [0.1, 0.15) is 25.7 Å². The van der Waals surface area contributed by atoms with E-state index in [0.717, 1.165) is 31.4 Å². The molecule has 2 rings (SSSR count). The van der Waals surface area contributed by atoms with Crippen molar-refractivity contribution in [2.24, 2.45) is 5.73 Å². The van der Waals surface area contributed by atoms with Crippen molar-refractivity contribution in [3.8, 4) is 0 Å². The average molecular weight is 252 g/mol. The molecule has 0 spiro atoms. The quantitative estimate of drug-likeness (QED) is 0.865. The second-order valence-electron chi connectivity index (χ2n) is 5.05. The smallest absolute Gasteiger partial charge is 0.123 e. The molecule has 0 aliphatic heterocycles. The fourth-order valence-electron chi connectivity index (χ4n) is 2.60. The third kappa shape index (κ3) is 3.00. The summed E-state index contributed by atoms with van der Waals surface area (Å²) in [6, 6.07) is 6.45. The van der Waals surface area contributed by atoms with E-state index in [9.17, 15) is 4.39 Å². The Hall–Kier alpha value is -1.13. The van der Waals surface area contributed by atoms with Crippen LogP contribution in [0.25, 0.3) is 0 Å². The Labute approximate surface area is 108 Å². The highest BCUT2D eigenvalue weighted by Gasteiger charge is 2.34. The lowest BCUT2D eigenvalue weighted by Crippen LogP contribution is -2.49. The van der Waals surface area contributed by atoms with Crippen LogP contribution < -0.4 is 11.1 Å². The summed E-state index contributed by atoms with van der Waals surface area (Å²) in [5, 5.41) is 3.47. The van der Waals surface area contributed by atoms with Gasteiger partial charge in [-0.05, 0) is 49.9 Å². The van der Waals surface area contributed by atoms with Gasteiger partial charge in [0, 0.05) is 24.9 Å². The molecule has 0 bridgehead atoms. The maximum absolute atomic E-state index is 12.9. The van der Waals surface area contributed by atoms with E-state index in [1.54, 1.807) is 19.2 Å². The fourth-order valence-corrected chi connectivity index (χ4v) is 2.60. The molecule has 1 aliphatic carbocycles. The zero-order chi connectivity index (χ0) is 13.0. The Morgan fingerprint density at radius 2 is 1.94 bits per heavy atom. The number of hydrogen-bond donors (Lipinski definition) is 2. The summed E-state index contributed by atoms with van der Waals surface area (Å²) in [5.41, 5.74) is 6.78. The number of rotatable bonds is 4. The molecule has 0 unspecified atom stereocenters. The van der Waals surface area contributed by atoms with E-state index in [4.69, 9.17) is 10.5 Å². The first-order valence-electron chi connectivity index (χ1n) is 6.44. The highest BCUT2D eigenvalue weighted by Crippen LogP contribution is 2.32. The lowest BCUT2D eigenvalue weighted by Gasteiger charge is -2.40. The summed E-state index contributed by atoms with van der Waals surface area (Å²) in [6.07, 6.45) is 4.35. The molecule has 100 valence electrons. The number of halogens is 1. The van der Waals surface area contributed by atoms with Crippen molar-refractivity contribution in [1.29, 1.82) is 0 Å². The van der Waals surface area contributed by atoms with Crippen molar-refractivity contribution in [2.45, 2.75) is 37.3 Å². The van der Waals surface area contributed by atoms with Crippen LogP contribution in [0, 0.1) is 5.82 Å². The summed E-state index contributed by atoms with van der Waals surface area (Å²) in [4.78, 5) is 0. The Morgan fingerprint density at radius 3 is 2.44 bits per heavy atom. The van der Waals surface area contributed by atoms with Crippen molar-refractivity contribution in [1.82, 2.24) is 0 Å². The van der Waals surface area contributed by atoms with Gasteiger partial charge in [0.1, 0.15) is 5.82 Å². The molecule has 1 aromatic carbocycles. The standard InChI is InChI=1S/C14H21FN2O/c1-18-13-6-8-14(10-16,9-7-13)17-12-4-2-11(15)3-5-12/h2-5,13,17H,6-10,16H2,1H3. The maximum atomic E-state index is 12.9. The number of anilines is 1. The van der Waals surface area contributed by atoms with Crippen molar-refractivity contribution >= 4 is 5.69 Å². The lowest BCUT2D eigenvalue weighted by atomic mass is 9.80. The van der Waals surface area contributed by atoms with Crippen molar-refractivity contribution < 1.29 is 9.13 Å². The number of ether oxygens (including phenoxy) is 1. The van der Waals surface area contributed by atoms with Crippen molar-refractivity contribution in [3.05, 3.63) is 30.1 Å². The molecule has 0 saturated heterocycles. The van der Waals surface area contributed by atoms with Crippen molar-refractivity contribution in [3.63, 3.8) is 0 Å². The van der Waals surface area contributed by atoms with Crippen LogP contribution >= 0.6 is 0 Å². The van der Waals surface area contributed by atoms with Gasteiger partial charge in [-0.25, -0.2) is 4.39 Å². The molecule has 3 nitrogen and oxygen atoms in total. The molecule has 1 aliphatic rings. The fraction of sp³-hybridized carbons (Fsp3) is 0.571. The predicted octanol–water partition coefficient (Wildman–Crippen LogP) is 2.52. The van der Waals surface area contributed by atoms with E-state index in [-0.39, 0.29) is 11.4 Å². The largest absolute Gasteiger partial charge is 0.381 e. The third-order valence-corrected chi connectivity index (χ3v) is 3.87. The van der Waals surface area contributed by atoms with E-state index in [1.165, 1.54) is 12.1 Å². The first-order valence-corrected chi connectivity index (χ1v) is 6.44. The monoisotopic (exact) mass is 252 g/mol. The number of hydrogen-bond acceptors (Lipinski definition) is 3. The number of methoxy groups -OCH3 is 1.